The van der Waals surface area contributed by atoms with Crippen LogP contribution in [-0.2, 0) is 9.47 Å². The summed E-state index contributed by atoms with van der Waals surface area (Å²) in [5.74, 6) is 2.20. The molecule has 1 unspecified atom stereocenters. The molecule has 0 amide bonds. The van der Waals surface area contributed by atoms with Crippen LogP contribution < -0.4 is 9.47 Å². The zero-order valence-corrected chi connectivity index (χ0v) is 11.4. The third-order valence-corrected chi connectivity index (χ3v) is 3.45. The maximum atomic E-state index is 5.69. The first-order valence-corrected chi connectivity index (χ1v) is 6.91. The lowest BCUT2D eigenvalue weighted by molar-refractivity contribution is -0.0942. The Morgan fingerprint density at radius 2 is 1.95 bits per heavy atom. The lowest BCUT2D eigenvalue weighted by Crippen LogP contribution is -2.24. The fourth-order valence-electron chi connectivity index (χ4n) is 2.47. The predicted molar refractivity (Wildman–Crippen MR) is 71.9 cm³/mol. The summed E-state index contributed by atoms with van der Waals surface area (Å²) < 4.78 is 24.0. The molecular formula is C14H15N3O4. The first kappa shape index (κ1) is 12.6. The van der Waals surface area contributed by atoms with Crippen molar-refractivity contribution in [3.63, 3.8) is 0 Å². The highest BCUT2D eigenvalue weighted by atomic mass is 16.6. The van der Waals surface area contributed by atoms with Gasteiger partial charge in [0.1, 0.15) is 25.6 Å². The molecule has 2 aliphatic heterocycles. The van der Waals surface area contributed by atoms with Gasteiger partial charge < -0.3 is 18.9 Å². The molecule has 0 radical (unpaired) electrons. The van der Waals surface area contributed by atoms with Gasteiger partial charge in [0, 0.05) is 6.07 Å². The van der Waals surface area contributed by atoms with Gasteiger partial charge in [-0.1, -0.05) is 0 Å². The summed E-state index contributed by atoms with van der Waals surface area (Å²) in [6, 6.07) is 5.71. The molecule has 4 rings (SSSR count). The summed E-state index contributed by atoms with van der Waals surface area (Å²) in [6.07, 6.45) is 1.32. The molecule has 2 aromatic rings. The highest BCUT2D eigenvalue weighted by Gasteiger charge is 2.23. The van der Waals surface area contributed by atoms with E-state index < -0.39 is 0 Å². The number of nitrogens with zero attached hydrogens (tertiary/aromatic N) is 3. The quantitative estimate of drug-likeness (QED) is 0.825. The Morgan fingerprint density at radius 3 is 2.81 bits per heavy atom. The molecule has 3 heterocycles. The van der Waals surface area contributed by atoms with Crippen molar-refractivity contribution < 1.29 is 18.9 Å². The van der Waals surface area contributed by atoms with Crippen molar-refractivity contribution in [3.8, 4) is 17.2 Å². The SMILES string of the molecule is c1nc(C2COCCO2)n(-c2ccc3c(c2)OCCO3)n1. The molecule has 7 heteroatoms. The van der Waals surface area contributed by atoms with Crippen LogP contribution in [0, 0.1) is 0 Å². The number of fused-ring (bicyclic) bond motifs is 1. The van der Waals surface area contributed by atoms with E-state index in [1.807, 2.05) is 18.2 Å². The van der Waals surface area contributed by atoms with Gasteiger partial charge >= 0.3 is 0 Å². The Labute approximate surface area is 121 Å². The molecule has 0 bridgehead atoms. The zero-order chi connectivity index (χ0) is 14.1. The number of aromatic nitrogens is 3. The standard InChI is InChI=1S/C14H15N3O4/c1-2-11-12(20-6-5-19-11)7-10(1)17-14(15-9-16-17)13-8-18-3-4-21-13/h1-2,7,9,13H,3-6,8H2. The van der Waals surface area contributed by atoms with E-state index in [0.29, 0.717) is 33.0 Å². The Hall–Kier alpha value is -2.12. The van der Waals surface area contributed by atoms with E-state index in [9.17, 15) is 0 Å². The predicted octanol–water partition coefficient (Wildman–Crippen LogP) is 1.13. The number of benzene rings is 1. The van der Waals surface area contributed by atoms with E-state index in [4.69, 9.17) is 18.9 Å². The van der Waals surface area contributed by atoms with Crippen molar-refractivity contribution in [2.75, 3.05) is 33.0 Å². The number of ether oxygens (including phenoxy) is 4. The normalized spacial score (nSPS) is 21.2. The number of rotatable bonds is 2. The molecule has 0 saturated carbocycles. The fraction of sp³-hybridized carbons (Fsp3) is 0.429. The van der Waals surface area contributed by atoms with Crippen LogP contribution in [0.1, 0.15) is 11.9 Å². The molecule has 7 nitrogen and oxygen atoms in total. The van der Waals surface area contributed by atoms with Crippen molar-refractivity contribution in [3.05, 3.63) is 30.4 Å². The Balaban J connectivity index is 1.68. The average molecular weight is 289 g/mol. The van der Waals surface area contributed by atoms with Gasteiger partial charge in [-0.2, -0.15) is 5.10 Å². The van der Waals surface area contributed by atoms with Crippen LogP contribution in [0.4, 0.5) is 0 Å². The lowest BCUT2D eigenvalue weighted by atomic mass is 10.2. The van der Waals surface area contributed by atoms with Gasteiger partial charge in [-0.05, 0) is 12.1 Å². The first-order valence-electron chi connectivity index (χ1n) is 6.91. The molecule has 1 atom stereocenters. The minimum atomic E-state index is -0.200. The van der Waals surface area contributed by atoms with Crippen LogP contribution in [0.3, 0.4) is 0 Å². The molecule has 2 aliphatic rings. The first-order chi connectivity index (χ1) is 10.4. The monoisotopic (exact) mass is 289 g/mol. The summed E-state index contributed by atoms with van der Waals surface area (Å²) in [5.41, 5.74) is 0.862. The van der Waals surface area contributed by atoms with Gasteiger partial charge in [-0.15, -0.1) is 0 Å². The highest BCUT2D eigenvalue weighted by Crippen LogP contribution is 2.32. The number of hydrogen-bond donors (Lipinski definition) is 0. The van der Waals surface area contributed by atoms with E-state index in [2.05, 4.69) is 10.1 Å². The highest BCUT2D eigenvalue weighted by molar-refractivity contribution is 5.49. The van der Waals surface area contributed by atoms with Gasteiger partial charge in [0.25, 0.3) is 0 Å². The second kappa shape index (κ2) is 5.34. The van der Waals surface area contributed by atoms with Gasteiger partial charge in [-0.25, -0.2) is 9.67 Å². The van der Waals surface area contributed by atoms with E-state index in [0.717, 1.165) is 23.0 Å². The van der Waals surface area contributed by atoms with Crippen molar-refractivity contribution >= 4 is 0 Å². The van der Waals surface area contributed by atoms with Crippen molar-refractivity contribution in [1.82, 2.24) is 14.8 Å². The van der Waals surface area contributed by atoms with Crippen LogP contribution in [-0.4, -0.2) is 47.8 Å². The van der Waals surface area contributed by atoms with Crippen LogP contribution in [0.5, 0.6) is 11.5 Å². The summed E-state index contributed by atoms with van der Waals surface area (Å²) >= 11 is 0. The third-order valence-electron chi connectivity index (χ3n) is 3.45. The van der Waals surface area contributed by atoms with Crippen LogP contribution >= 0.6 is 0 Å². The van der Waals surface area contributed by atoms with Gasteiger partial charge in [-0.3, -0.25) is 0 Å². The van der Waals surface area contributed by atoms with Crippen LogP contribution in [0.25, 0.3) is 5.69 Å². The maximum absolute atomic E-state index is 5.69. The largest absolute Gasteiger partial charge is 0.486 e. The van der Waals surface area contributed by atoms with E-state index in [1.165, 1.54) is 6.33 Å². The van der Waals surface area contributed by atoms with Gasteiger partial charge in [0.2, 0.25) is 0 Å². The Bertz CT molecular complexity index is 637. The summed E-state index contributed by atoms with van der Waals surface area (Å²) in [7, 11) is 0. The molecule has 1 aromatic carbocycles. The van der Waals surface area contributed by atoms with E-state index >= 15 is 0 Å². The van der Waals surface area contributed by atoms with Crippen LogP contribution in [0.2, 0.25) is 0 Å². The van der Waals surface area contributed by atoms with Gasteiger partial charge in [0.15, 0.2) is 17.3 Å². The van der Waals surface area contributed by atoms with E-state index in [-0.39, 0.29) is 6.10 Å². The molecule has 0 N–H and O–H groups in total. The summed E-state index contributed by atoms with van der Waals surface area (Å²) in [6.45, 7) is 2.81. The van der Waals surface area contributed by atoms with Crippen LogP contribution in [0.15, 0.2) is 24.5 Å². The van der Waals surface area contributed by atoms with E-state index in [1.54, 1.807) is 4.68 Å². The minimum Gasteiger partial charge on any atom is -0.486 e. The molecule has 1 saturated heterocycles. The topological polar surface area (TPSA) is 67.6 Å². The Kier molecular flexibility index (Phi) is 3.21. The smallest absolute Gasteiger partial charge is 0.163 e. The lowest BCUT2D eigenvalue weighted by Gasteiger charge is -2.23. The third kappa shape index (κ3) is 2.34. The molecule has 21 heavy (non-hydrogen) atoms. The summed E-state index contributed by atoms with van der Waals surface area (Å²) in [4.78, 5) is 4.30. The second-order valence-electron chi connectivity index (χ2n) is 4.79. The Morgan fingerprint density at radius 1 is 1.05 bits per heavy atom. The minimum absolute atomic E-state index is 0.200. The fourth-order valence-corrected chi connectivity index (χ4v) is 2.47. The zero-order valence-electron chi connectivity index (χ0n) is 11.4. The maximum Gasteiger partial charge on any atom is 0.163 e. The van der Waals surface area contributed by atoms with Gasteiger partial charge in [0.05, 0.1) is 25.5 Å². The number of hydrogen-bond acceptors (Lipinski definition) is 6. The average Bonchev–Trinajstić information content (AvgIpc) is 3.05. The molecule has 0 aliphatic carbocycles. The van der Waals surface area contributed by atoms with Crippen molar-refractivity contribution in [2.24, 2.45) is 0 Å². The molecule has 0 spiro atoms. The van der Waals surface area contributed by atoms with Crippen molar-refractivity contribution in [1.29, 1.82) is 0 Å². The molecule has 1 fully saturated rings. The van der Waals surface area contributed by atoms with Crippen molar-refractivity contribution in [2.45, 2.75) is 6.10 Å². The second-order valence-corrected chi connectivity index (χ2v) is 4.79. The molecule has 1 aromatic heterocycles. The summed E-state index contributed by atoms with van der Waals surface area (Å²) in [5, 5.41) is 4.28. The molecular weight excluding hydrogens is 274 g/mol. The molecule has 110 valence electrons.